The lowest BCUT2D eigenvalue weighted by Crippen LogP contribution is -2.23. The molecule has 0 saturated carbocycles. The Morgan fingerprint density at radius 2 is 2.09 bits per heavy atom. The molecule has 0 fully saturated rings. The third-order valence-electron chi connectivity index (χ3n) is 1.34. The standard InChI is InChI=1S/C7H15NO.C2H6.H2/c1-3-4-5-7(2)8-6-9;1-2;/h6-7H,3-5H2,1-2H3,(H,8,9);1-2H3;1H. The highest BCUT2D eigenvalue weighted by atomic mass is 16.1. The minimum absolute atomic E-state index is 0. The van der Waals surface area contributed by atoms with Crippen molar-refractivity contribution in [3.05, 3.63) is 0 Å². The Labute approximate surface area is 71.9 Å². The average Bonchev–Trinajstić information content (AvgIpc) is 2.05. The number of rotatable bonds is 5. The van der Waals surface area contributed by atoms with Gasteiger partial charge < -0.3 is 5.32 Å². The van der Waals surface area contributed by atoms with Crippen LogP contribution in [0.25, 0.3) is 0 Å². The zero-order chi connectivity index (χ0) is 9.11. The van der Waals surface area contributed by atoms with Crippen molar-refractivity contribution in [3.8, 4) is 0 Å². The fourth-order valence-electron chi connectivity index (χ4n) is 0.710. The van der Waals surface area contributed by atoms with Gasteiger partial charge in [0.15, 0.2) is 0 Å². The Balaban J connectivity index is -0.000000249. The van der Waals surface area contributed by atoms with Crippen molar-refractivity contribution >= 4 is 6.41 Å². The molecule has 0 spiro atoms. The zero-order valence-electron chi connectivity index (χ0n) is 8.18. The van der Waals surface area contributed by atoms with E-state index in [1.165, 1.54) is 12.8 Å². The van der Waals surface area contributed by atoms with E-state index in [1.54, 1.807) is 0 Å². The monoisotopic (exact) mass is 161 g/mol. The van der Waals surface area contributed by atoms with Crippen LogP contribution in [-0.4, -0.2) is 12.5 Å². The van der Waals surface area contributed by atoms with Crippen molar-refractivity contribution < 1.29 is 6.22 Å². The van der Waals surface area contributed by atoms with Crippen LogP contribution in [0.15, 0.2) is 0 Å². The largest absolute Gasteiger partial charge is 0.356 e. The highest BCUT2D eigenvalue weighted by molar-refractivity contribution is 5.46. The third-order valence-corrected chi connectivity index (χ3v) is 1.34. The molecule has 1 atom stereocenters. The maximum atomic E-state index is 9.87. The van der Waals surface area contributed by atoms with Gasteiger partial charge in [-0.1, -0.05) is 33.6 Å². The molecule has 0 aliphatic carbocycles. The average molecular weight is 161 g/mol. The van der Waals surface area contributed by atoms with Crippen LogP contribution in [-0.2, 0) is 4.79 Å². The van der Waals surface area contributed by atoms with Crippen molar-refractivity contribution in [2.45, 2.75) is 53.0 Å². The molecule has 0 aromatic heterocycles. The minimum atomic E-state index is 0. The van der Waals surface area contributed by atoms with Gasteiger partial charge in [-0.05, 0) is 13.3 Å². The van der Waals surface area contributed by atoms with Crippen molar-refractivity contribution in [3.63, 3.8) is 0 Å². The number of unbranched alkanes of at least 4 members (excludes halogenated alkanes) is 1. The van der Waals surface area contributed by atoms with Crippen LogP contribution in [0.3, 0.4) is 0 Å². The fourth-order valence-corrected chi connectivity index (χ4v) is 0.710. The summed E-state index contributed by atoms with van der Waals surface area (Å²) in [5.41, 5.74) is 0. The maximum absolute atomic E-state index is 9.87. The molecule has 0 bridgehead atoms. The van der Waals surface area contributed by atoms with Crippen LogP contribution in [0.2, 0.25) is 0 Å². The quantitative estimate of drug-likeness (QED) is 0.617. The minimum Gasteiger partial charge on any atom is -0.356 e. The van der Waals surface area contributed by atoms with E-state index in [-0.39, 0.29) is 1.43 Å². The van der Waals surface area contributed by atoms with E-state index >= 15 is 0 Å². The highest BCUT2D eigenvalue weighted by Crippen LogP contribution is 1.97. The first-order chi connectivity index (χ1) is 5.31. The fraction of sp³-hybridized carbons (Fsp3) is 0.889. The van der Waals surface area contributed by atoms with E-state index in [9.17, 15) is 4.79 Å². The highest BCUT2D eigenvalue weighted by Gasteiger charge is 1.95. The SMILES string of the molecule is CC.CCCCC(C)NC=O.[HH]. The maximum Gasteiger partial charge on any atom is 0.207 e. The predicted molar refractivity (Wildman–Crippen MR) is 51.6 cm³/mol. The molecule has 1 unspecified atom stereocenters. The predicted octanol–water partition coefficient (Wildman–Crippen LogP) is 2.58. The van der Waals surface area contributed by atoms with Gasteiger partial charge in [-0.15, -0.1) is 0 Å². The molecule has 0 saturated heterocycles. The summed E-state index contributed by atoms with van der Waals surface area (Å²) in [5.74, 6) is 0. The van der Waals surface area contributed by atoms with Gasteiger partial charge in [0.2, 0.25) is 6.41 Å². The van der Waals surface area contributed by atoms with E-state index in [1.807, 2.05) is 20.8 Å². The number of hydrogen-bond acceptors (Lipinski definition) is 1. The number of amides is 1. The summed E-state index contributed by atoms with van der Waals surface area (Å²) >= 11 is 0. The molecule has 0 rings (SSSR count). The van der Waals surface area contributed by atoms with Crippen LogP contribution >= 0.6 is 0 Å². The second-order valence-corrected chi connectivity index (χ2v) is 2.33. The summed E-state index contributed by atoms with van der Waals surface area (Å²) in [6.07, 6.45) is 4.25. The van der Waals surface area contributed by atoms with Gasteiger partial charge in [0.05, 0.1) is 0 Å². The van der Waals surface area contributed by atoms with Crippen molar-refractivity contribution in [1.29, 1.82) is 0 Å². The number of carbonyl (C=O) groups excluding carboxylic acids is 1. The molecule has 0 radical (unpaired) electrons. The molecule has 70 valence electrons. The first-order valence-electron chi connectivity index (χ1n) is 4.51. The Morgan fingerprint density at radius 1 is 1.55 bits per heavy atom. The molecule has 0 aliphatic rings. The first-order valence-corrected chi connectivity index (χ1v) is 4.51. The lowest BCUT2D eigenvalue weighted by Gasteiger charge is -2.07. The van der Waals surface area contributed by atoms with Crippen LogP contribution in [0, 0.1) is 0 Å². The van der Waals surface area contributed by atoms with Crippen LogP contribution in [0.1, 0.15) is 48.4 Å². The normalized spacial score (nSPS) is 10.9. The second-order valence-electron chi connectivity index (χ2n) is 2.33. The number of hydrogen-bond donors (Lipinski definition) is 1. The van der Waals surface area contributed by atoms with Gasteiger partial charge in [-0.2, -0.15) is 0 Å². The first kappa shape index (κ1) is 13.1. The van der Waals surface area contributed by atoms with E-state index < -0.39 is 0 Å². The van der Waals surface area contributed by atoms with Crippen LogP contribution in [0.5, 0.6) is 0 Å². The Hall–Kier alpha value is -0.530. The molecule has 0 aliphatic heterocycles. The van der Waals surface area contributed by atoms with Crippen molar-refractivity contribution in [1.82, 2.24) is 5.32 Å². The molecule has 2 heteroatoms. The summed E-state index contributed by atoms with van der Waals surface area (Å²) in [6, 6.07) is 0.349. The van der Waals surface area contributed by atoms with Crippen molar-refractivity contribution in [2.24, 2.45) is 0 Å². The lowest BCUT2D eigenvalue weighted by atomic mass is 10.1. The number of nitrogens with one attached hydrogen (secondary N) is 1. The zero-order valence-corrected chi connectivity index (χ0v) is 8.18. The topological polar surface area (TPSA) is 29.1 Å². The Morgan fingerprint density at radius 3 is 2.45 bits per heavy atom. The lowest BCUT2D eigenvalue weighted by molar-refractivity contribution is -0.110. The summed E-state index contributed by atoms with van der Waals surface area (Å²) in [7, 11) is 0. The molecule has 1 N–H and O–H groups in total. The molecular weight excluding hydrogens is 138 g/mol. The Kier molecular flexibility index (Phi) is 14.5. The summed E-state index contributed by atoms with van der Waals surface area (Å²) in [5, 5.41) is 2.70. The summed E-state index contributed by atoms with van der Waals surface area (Å²) in [6.45, 7) is 8.16. The van der Waals surface area contributed by atoms with Crippen molar-refractivity contribution in [2.75, 3.05) is 0 Å². The van der Waals surface area contributed by atoms with E-state index in [2.05, 4.69) is 12.2 Å². The van der Waals surface area contributed by atoms with E-state index in [0.29, 0.717) is 6.04 Å². The smallest absolute Gasteiger partial charge is 0.207 e. The van der Waals surface area contributed by atoms with Gasteiger partial charge in [0.1, 0.15) is 0 Å². The molecule has 0 aromatic rings. The molecular formula is C9H23NO. The molecule has 0 aromatic carbocycles. The molecule has 0 heterocycles. The van der Waals surface area contributed by atoms with Gasteiger partial charge >= 0.3 is 0 Å². The van der Waals surface area contributed by atoms with Gasteiger partial charge in [0.25, 0.3) is 0 Å². The summed E-state index contributed by atoms with van der Waals surface area (Å²) < 4.78 is 0. The van der Waals surface area contributed by atoms with Crippen LogP contribution in [0.4, 0.5) is 0 Å². The van der Waals surface area contributed by atoms with Crippen LogP contribution < -0.4 is 5.32 Å². The third kappa shape index (κ3) is 12.6. The van der Waals surface area contributed by atoms with Gasteiger partial charge in [-0.3, -0.25) is 4.79 Å². The number of carbonyl (C=O) groups is 1. The van der Waals surface area contributed by atoms with E-state index in [4.69, 9.17) is 0 Å². The molecule has 1 amide bonds. The molecule has 2 nitrogen and oxygen atoms in total. The van der Waals surface area contributed by atoms with Gasteiger partial charge in [-0.25, -0.2) is 0 Å². The Bertz CT molecular complexity index is 78.9. The molecule has 11 heavy (non-hydrogen) atoms. The second kappa shape index (κ2) is 12.2. The van der Waals surface area contributed by atoms with E-state index in [0.717, 1.165) is 12.8 Å². The van der Waals surface area contributed by atoms with Gasteiger partial charge in [0, 0.05) is 7.47 Å². The summed E-state index contributed by atoms with van der Waals surface area (Å²) in [4.78, 5) is 9.87.